The van der Waals surface area contributed by atoms with Gasteiger partial charge in [-0.2, -0.15) is 23.5 Å². The third kappa shape index (κ3) is 2.48. The molecule has 4 nitrogen and oxygen atoms in total. The molecule has 0 bridgehead atoms. The van der Waals surface area contributed by atoms with Gasteiger partial charge in [-0.3, -0.25) is 0 Å². The molecule has 1 heterocycles. The number of hydrogen-bond donors (Lipinski definition) is 1. The van der Waals surface area contributed by atoms with Crippen LogP contribution in [0.2, 0.25) is 5.02 Å². The number of nitrogens with zero attached hydrogens (tertiary/aromatic N) is 3. The summed E-state index contributed by atoms with van der Waals surface area (Å²) in [5, 5.41) is 12.4. The van der Waals surface area contributed by atoms with E-state index in [1.807, 2.05) is 0 Å². The maximum Gasteiger partial charge on any atom is 0.416 e. The van der Waals surface area contributed by atoms with Crippen LogP contribution >= 0.6 is 11.6 Å². The minimum atomic E-state index is -4.47. The van der Waals surface area contributed by atoms with Gasteiger partial charge in [0.15, 0.2) is 5.69 Å². The normalized spacial score (nSPS) is 11.3. The van der Waals surface area contributed by atoms with E-state index in [1.165, 1.54) is 12.3 Å². The summed E-state index contributed by atoms with van der Waals surface area (Å²) in [6, 6.07) is 4.60. The van der Waals surface area contributed by atoms with Crippen molar-refractivity contribution in [1.82, 2.24) is 9.78 Å². The Labute approximate surface area is 110 Å². The number of alkyl halides is 3. The van der Waals surface area contributed by atoms with Crippen molar-refractivity contribution in [3.05, 3.63) is 40.7 Å². The third-order valence-electron chi connectivity index (χ3n) is 2.37. The fourth-order valence-corrected chi connectivity index (χ4v) is 1.73. The van der Waals surface area contributed by atoms with Crippen LogP contribution < -0.4 is 5.73 Å². The number of rotatable bonds is 1. The molecule has 0 unspecified atom stereocenters. The number of nitriles is 1. The molecule has 1 aromatic carbocycles. The summed E-state index contributed by atoms with van der Waals surface area (Å²) in [4.78, 5) is 0. The molecule has 2 aromatic rings. The predicted molar refractivity (Wildman–Crippen MR) is 62.7 cm³/mol. The van der Waals surface area contributed by atoms with Gasteiger partial charge in [-0.05, 0) is 18.2 Å². The van der Waals surface area contributed by atoms with E-state index in [1.54, 1.807) is 6.07 Å². The van der Waals surface area contributed by atoms with Crippen molar-refractivity contribution >= 4 is 17.3 Å². The van der Waals surface area contributed by atoms with Gasteiger partial charge in [0, 0.05) is 0 Å². The fraction of sp³-hybridized carbons (Fsp3) is 0.0909. The monoisotopic (exact) mass is 286 g/mol. The summed E-state index contributed by atoms with van der Waals surface area (Å²) >= 11 is 5.79. The first-order chi connectivity index (χ1) is 8.82. The zero-order chi connectivity index (χ0) is 14.2. The van der Waals surface area contributed by atoms with E-state index in [9.17, 15) is 13.2 Å². The van der Waals surface area contributed by atoms with Gasteiger partial charge in [0.05, 0.1) is 28.2 Å². The molecule has 0 radical (unpaired) electrons. The quantitative estimate of drug-likeness (QED) is 0.876. The molecule has 0 aliphatic heterocycles. The molecule has 0 aliphatic carbocycles. The van der Waals surface area contributed by atoms with Crippen LogP contribution in [0.15, 0.2) is 24.4 Å². The van der Waals surface area contributed by atoms with Gasteiger partial charge in [0.1, 0.15) is 6.07 Å². The molecule has 0 saturated heterocycles. The van der Waals surface area contributed by atoms with E-state index in [0.717, 1.165) is 16.8 Å². The minimum Gasteiger partial charge on any atom is -0.395 e. The molecule has 0 atom stereocenters. The SMILES string of the molecule is N#Cc1nn(-c2ccc(C(F)(F)F)cc2Cl)cc1N. The number of anilines is 1. The lowest BCUT2D eigenvalue weighted by Crippen LogP contribution is -2.06. The Hall–Kier alpha value is -2.20. The number of halogens is 4. The maximum atomic E-state index is 12.5. The van der Waals surface area contributed by atoms with Crippen molar-refractivity contribution in [3.63, 3.8) is 0 Å². The van der Waals surface area contributed by atoms with Crippen molar-refractivity contribution in [1.29, 1.82) is 5.26 Å². The standard InChI is InChI=1S/C11H6ClF3N4/c12-7-3-6(11(13,14)15)1-2-10(7)19-5-8(17)9(4-16)18-19/h1-3,5H,17H2. The van der Waals surface area contributed by atoms with Crippen LogP contribution in [0, 0.1) is 11.3 Å². The van der Waals surface area contributed by atoms with Gasteiger partial charge in [0.25, 0.3) is 0 Å². The minimum absolute atomic E-state index is 0.0176. The highest BCUT2D eigenvalue weighted by Crippen LogP contribution is 2.33. The Morgan fingerprint density at radius 1 is 1.37 bits per heavy atom. The van der Waals surface area contributed by atoms with E-state index >= 15 is 0 Å². The van der Waals surface area contributed by atoms with Crippen molar-refractivity contribution in [2.45, 2.75) is 6.18 Å². The average Bonchev–Trinajstić information content (AvgIpc) is 2.69. The molecule has 0 fully saturated rings. The number of nitrogens with two attached hydrogens (primary N) is 1. The second kappa shape index (κ2) is 4.48. The summed E-state index contributed by atoms with van der Waals surface area (Å²) in [7, 11) is 0. The topological polar surface area (TPSA) is 67.6 Å². The Morgan fingerprint density at radius 2 is 2.05 bits per heavy atom. The van der Waals surface area contributed by atoms with Crippen LogP contribution in [0.3, 0.4) is 0 Å². The van der Waals surface area contributed by atoms with Gasteiger partial charge in [-0.15, -0.1) is 0 Å². The zero-order valence-corrected chi connectivity index (χ0v) is 10.00. The van der Waals surface area contributed by atoms with E-state index < -0.39 is 11.7 Å². The van der Waals surface area contributed by atoms with Gasteiger partial charge in [-0.25, -0.2) is 4.68 Å². The first-order valence-corrected chi connectivity index (χ1v) is 5.33. The third-order valence-corrected chi connectivity index (χ3v) is 2.67. The number of aromatic nitrogens is 2. The number of nitrogen functional groups attached to an aromatic ring is 1. The van der Waals surface area contributed by atoms with Crippen LogP contribution in [0.4, 0.5) is 18.9 Å². The van der Waals surface area contributed by atoms with Crippen LogP contribution in [0.1, 0.15) is 11.3 Å². The van der Waals surface area contributed by atoms with Crippen molar-refractivity contribution in [2.75, 3.05) is 5.73 Å². The number of hydrogen-bond acceptors (Lipinski definition) is 3. The highest BCUT2D eigenvalue weighted by atomic mass is 35.5. The Kier molecular flexibility index (Phi) is 3.12. The van der Waals surface area contributed by atoms with Crippen LogP contribution in [-0.2, 0) is 6.18 Å². The maximum absolute atomic E-state index is 12.5. The zero-order valence-electron chi connectivity index (χ0n) is 9.24. The second-order valence-electron chi connectivity index (χ2n) is 3.65. The molecule has 19 heavy (non-hydrogen) atoms. The lowest BCUT2D eigenvalue weighted by molar-refractivity contribution is -0.137. The Bertz CT molecular complexity index is 670. The molecule has 1 aromatic heterocycles. The van der Waals surface area contributed by atoms with Crippen molar-refractivity contribution < 1.29 is 13.2 Å². The summed E-state index contributed by atoms with van der Waals surface area (Å²) in [5.74, 6) is 0. The molecule has 2 rings (SSSR count). The first-order valence-electron chi connectivity index (χ1n) is 4.95. The van der Waals surface area contributed by atoms with Crippen LogP contribution in [0.25, 0.3) is 5.69 Å². The summed E-state index contributed by atoms with van der Waals surface area (Å²) < 4.78 is 38.6. The highest BCUT2D eigenvalue weighted by molar-refractivity contribution is 6.32. The fourth-order valence-electron chi connectivity index (χ4n) is 1.47. The Balaban J connectivity index is 2.49. The molecule has 2 N–H and O–H groups in total. The van der Waals surface area contributed by atoms with Gasteiger partial charge in [-0.1, -0.05) is 11.6 Å². The van der Waals surface area contributed by atoms with Gasteiger partial charge in [0.2, 0.25) is 0 Å². The largest absolute Gasteiger partial charge is 0.416 e. The Morgan fingerprint density at radius 3 is 2.53 bits per heavy atom. The summed E-state index contributed by atoms with van der Waals surface area (Å²) in [6.45, 7) is 0. The van der Waals surface area contributed by atoms with E-state index in [2.05, 4.69) is 5.10 Å². The lowest BCUT2D eigenvalue weighted by Gasteiger charge is -2.09. The molecule has 8 heteroatoms. The van der Waals surface area contributed by atoms with Crippen molar-refractivity contribution in [2.24, 2.45) is 0 Å². The van der Waals surface area contributed by atoms with Gasteiger partial charge < -0.3 is 5.73 Å². The number of benzene rings is 1. The average molecular weight is 287 g/mol. The predicted octanol–water partition coefficient (Wildman–Crippen LogP) is 3.00. The smallest absolute Gasteiger partial charge is 0.395 e. The van der Waals surface area contributed by atoms with E-state index in [4.69, 9.17) is 22.6 Å². The van der Waals surface area contributed by atoms with Gasteiger partial charge >= 0.3 is 6.18 Å². The van der Waals surface area contributed by atoms with E-state index in [0.29, 0.717) is 0 Å². The van der Waals surface area contributed by atoms with Crippen LogP contribution in [-0.4, -0.2) is 9.78 Å². The molecule has 0 amide bonds. The molecule has 0 spiro atoms. The lowest BCUT2D eigenvalue weighted by atomic mass is 10.2. The molecular formula is C11H6ClF3N4. The van der Waals surface area contributed by atoms with Crippen molar-refractivity contribution in [3.8, 4) is 11.8 Å². The molecular weight excluding hydrogens is 281 g/mol. The summed E-state index contributed by atoms with van der Waals surface area (Å²) in [5.41, 5.74) is 4.97. The molecule has 0 saturated carbocycles. The van der Waals surface area contributed by atoms with E-state index in [-0.39, 0.29) is 22.1 Å². The first kappa shape index (κ1) is 13.2. The second-order valence-corrected chi connectivity index (χ2v) is 4.06. The molecule has 98 valence electrons. The van der Waals surface area contributed by atoms with Crippen LogP contribution in [0.5, 0.6) is 0 Å². The highest BCUT2D eigenvalue weighted by Gasteiger charge is 2.31. The summed E-state index contributed by atoms with van der Waals surface area (Å²) in [6.07, 6.45) is -3.16. The molecule has 0 aliphatic rings.